The number of para-hydroxylation sites is 1. The number of piperazine rings is 1. The molecule has 7 nitrogen and oxygen atoms in total. The molecule has 0 aliphatic carbocycles. The van der Waals surface area contributed by atoms with Crippen molar-refractivity contribution in [3.05, 3.63) is 30.3 Å². The van der Waals surface area contributed by atoms with Gasteiger partial charge in [0, 0.05) is 18.8 Å². The van der Waals surface area contributed by atoms with E-state index < -0.39 is 18.0 Å². The second-order valence-electron chi connectivity index (χ2n) is 4.81. The second kappa shape index (κ2) is 7.44. The molecule has 1 aromatic carbocycles. The molecule has 7 heteroatoms. The lowest BCUT2D eigenvalue weighted by Crippen LogP contribution is -2.58. The molecule has 2 rings (SSSR count). The molecule has 22 heavy (non-hydrogen) atoms. The van der Waals surface area contributed by atoms with Crippen molar-refractivity contribution in [1.29, 1.82) is 0 Å². The van der Waals surface area contributed by atoms with Crippen molar-refractivity contribution in [2.75, 3.05) is 25.0 Å². The van der Waals surface area contributed by atoms with E-state index in [1.165, 1.54) is 4.90 Å². The summed E-state index contributed by atoms with van der Waals surface area (Å²) in [6, 6.07) is 7.69. The van der Waals surface area contributed by atoms with E-state index in [0.717, 1.165) is 0 Å². The average molecular weight is 305 g/mol. The van der Waals surface area contributed by atoms with E-state index in [2.05, 4.69) is 10.6 Å². The van der Waals surface area contributed by atoms with Gasteiger partial charge < -0.3 is 20.3 Å². The maximum absolute atomic E-state index is 12.3. The van der Waals surface area contributed by atoms with Crippen LogP contribution in [-0.4, -0.2) is 48.5 Å². The van der Waals surface area contributed by atoms with Crippen molar-refractivity contribution in [1.82, 2.24) is 10.2 Å². The lowest BCUT2D eigenvalue weighted by atomic mass is 10.1. The number of carbonyl (C=O) groups is 3. The molecule has 118 valence electrons. The molecule has 0 aromatic heterocycles. The Labute approximate surface area is 128 Å². The zero-order chi connectivity index (χ0) is 15.9. The number of amides is 3. The second-order valence-corrected chi connectivity index (χ2v) is 4.81. The number of esters is 1. The summed E-state index contributed by atoms with van der Waals surface area (Å²) in [5.41, 5.74) is 0.633. The van der Waals surface area contributed by atoms with Crippen LogP contribution in [0.25, 0.3) is 0 Å². The first kappa shape index (κ1) is 15.8. The normalized spacial score (nSPS) is 17.6. The van der Waals surface area contributed by atoms with Crippen LogP contribution in [0.5, 0.6) is 0 Å². The van der Waals surface area contributed by atoms with Gasteiger partial charge in [-0.3, -0.25) is 9.59 Å². The zero-order valence-electron chi connectivity index (χ0n) is 12.4. The van der Waals surface area contributed by atoms with Gasteiger partial charge in [-0.2, -0.15) is 0 Å². The van der Waals surface area contributed by atoms with Gasteiger partial charge in [-0.1, -0.05) is 18.2 Å². The van der Waals surface area contributed by atoms with Crippen molar-refractivity contribution in [2.45, 2.75) is 19.4 Å². The van der Waals surface area contributed by atoms with Gasteiger partial charge in [0.05, 0.1) is 13.0 Å². The molecular formula is C15H19N3O4. The fraction of sp³-hybridized carbons (Fsp3) is 0.400. The zero-order valence-corrected chi connectivity index (χ0v) is 12.4. The van der Waals surface area contributed by atoms with E-state index in [1.807, 2.05) is 6.07 Å². The minimum Gasteiger partial charge on any atom is -0.466 e. The van der Waals surface area contributed by atoms with Gasteiger partial charge >= 0.3 is 12.0 Å². The van der Waals surface area contributed by atoms with Crippen LogP contribution in [0.1, 0.15) is 13.3 Å². The molecule has 1 aliphatic heterocycles. The molecule has 0 unspecified atom stereocenters. The van der Waals surface area contributed by atoms with E-state index in [1.54, 1.807) is 31.2 Å². The number of hydrogen-bond donors (Lipinski definition) is 2. The Morgan fingerprint density at radius 1 is 1.36 bits per heavy atom. The van der Waals surface area contributed by atoms with Crippen LogP contribution < -0.4 is 10.6 Å². The topological polar surface area (TPSA) is 87.7 Å². The number of hydrogen-bond acceptors (Lipinski definition) is 4. The number of urea groups is 1. The summed E-state index contributed by atoms with van der Waals surface area (Å²) in [5, 5.41) is 5.38. The summed E-state index contributed by atoms with van der Waals surface area (Å²) < 4.78 is 4.86. The minimum absolute atomic E-state index is 0.151. The number of nitrogens with zero attached hydrogens (tertiary/aromatic N) is 1. The van der Waals surface area contributed by atoms with Gasteiger partial charge in [0.2, 0.25) is 5.91 Å². The Morgan fingerprint density at radius 3 is 2.77 bits per heavy atom. The van der Waals surface area contributed by atoms with Crippen molar-refractivity contribution in [3.63, 3.8) is 0 Å². The van der Waals surface area contributed by atoms with Crippen LogP contribution in [0.4, 0.5) is 10.5 Å². The van der Waals surface area contributed by atoms with Crippen LogP contribution in [-0.2, 0) is 14.3 Å². The maximum Gasteiger partial charge on any atom is 0.322 e. The third kappa shape index (κ3) is 3.97. The average Bonchev–Trinajstić information content (AvgIpc) is 2.50. The summed E-state index contributed by atoms with van der Waals surface area (Å²) in [6.45, 7) is 2.64. The molecule has 0 radical (unpaired) electrons. The van der Waals surface area contributed by atoms with Gasteiger partial charge in [-0.15, -0.1) is 0 Å². The van der Waals surface area contributed by atoms with E-state index in [4.69, 9.17) is 4.74 Å². The number of ether oxygens (including phenoxy) is 1. The maximum atomic E-state index is 12.3. The van der Waals surface area contributed by atoms with Crippen molar-refractivity contribution < 1.29 is 19.1 Å². The van der Waals surface area contributed by atoms with Crippen molar-refractivity contribution in [2.24, 2.45) is 0 Å². The van der Waals surface area contributed by atoms with Crippen LogP contribution >= 0.6 is 0 Å². The number of anilines is 1. The van der Waals surface area contributed by atoms with Crippen molar-refractivity contribution >= 4 is 23.6 Å². The van der Waals surface area contributed by atoms with Crippen LogP contribution in [0.2, 0.25) is 0 Å². The Bertz CT molecular complexity index is 547. The summed E-state index contributed by atoms with van der Waals surface area (Å²) in [5.74, 6) is -0.843. The molecule has 1 heterocycles. The monoisotopic (exact) mass is 305 g/mol. The molecule has 0 saturated carbocycles. The largest absolute Gasteiger partial charge is 0.466 e. The van der Waals surface area contributed by atoms with E-state index in [9.17, 15) is 14.4 Å². The third-order valence-electron chi connectivity index (χ3n) is 3.28. The van der Waals surface area contributed by atoms with E-state index in [-0.39, 0.29) is 18.9 Å². The lowest BCUT2D eigenvalue weighted by molar-refractivity contribution is -0.147. The highest BCUT2D eigenvalue weighted by Gasteiger charge is 2.35. The highest BCUT2D eigenvalue weighted by Crippen LogP contribution is 2.13. The molecule has 3 amide bonds. The van der Waals surface area contributed by atoms with Gasteiger partial charge in [-0.25, -0.2) is 4.79 Å². The molecule has 1 aliphatic rings. The molecular weight excluding hydrogens is 286 g/mol. The number of carbonyl (C=O) groups excluding carboxylic acids is 3. The van der Waals surface area contributed by atoms with Crippen molar-refractivity contribution in [3.8, 4) is 0 Å². The Kier molecular flexibility index (Phi) is 5.35. The molecule has 1 atom stereocenters. The number of benzene rings is 1. The molecule has 1 fully saturated rings. The van der Waals surface area contributed by atoms with Gasteiger partial charge in [0.25, 0.3) is 0 Å². The van der Waals surface area contributed by atoms with E-state index in [0.29, 0.717) is 18.8 Å². The standard InChI is InChI=1S/C15H19N3O4/c1-2-22-13(19)10-12-14(20)16-8-9-18(12)15(21)17-11-6-4-3-5-7-11/h3-7,12H,2,8-10H2,1H3,(H,16,20)(H,17,21)/t12-/m1/s1. The number of rotatable bonds is 4. The molecule has 0 spiro atoms. The van der Waals surface area contributed by atoms with Gasteiger partial charge in [-0.05, 0) is 19.1 Å². The molecule has 0 bridgehead atoms. The first-order valence-electron chi connectivity index (χ1n) is 7.18. The lowest BCUT2D eigenvalue weighted by Gasteiger charge is -2.34. The van der Waals surface area contributed by atoms with Crippen LogP contribution in [0.15, 0.2) is 30.3 Å². The predicted octanol–water partition coefficient (Wildman–Crippen LogP) is 0.972. The predicted molar refractivity (Wildman–Crippen MR) is 80.2 cm³/mol. The van der Waals surface area contributed by atoms with Crippen LogP contribution in [0, 0.1) is 0 Å². The van der Waals surface area contributed by atoms with Crippen LogP contribution in [0.3, 0.4) is 0 Å². The summed E-state index contributed by atoms with van der Waals surface area (Å²) in [6.07, 6.45) is -0.151. The molecule has 1 aromatic rings. The Morgan fingerprint density at radius 2 is 2.09 bits per heavy atom. The summed E-state index contributed by atoms with van der Waals surface area (Å²) in [4.78, 5) is 37.3. The first-order valence-corrected chi connectivity index (χ1v) is 7.18. The van der Waals surface area contributed by atoms with E-state index >= 15 is 0 Å². The quantitative estimate of drug-likeness (QED) is 0.812. The fourth-order valence-corrected chi connectivity index (χ4v) is 2.26. The third-order valence-corrected chi connectivity index (χ3v) is 3.28. The summed E-state index contributed by atoms with van der Waals surface area (Å²) in [7, 11) is 0. The summed E-state index contributed by atoms with van der Waals surface area (Å²) >= 11 is 0. The smallest absolute Gasteiger partial charge is 0.322 e. The highest BCUT2D eigenvalue weighted by atomic mass is 16.5. The minimum atomic E-state index is -0.850. The Balaban J connectivity index is 2.06. The fourth-order valence-electron chi connectivity index (χ4n) is 2.26. The van der Waals surface area contributed by atoms with Gasteiger partial charge in [0.15, 0.2) is 0 Å². The molecule has 1 saturated heterocycles. The Hall–Kier alpha value is -2.57. The van der Waals surface area contributed by atoms with Gasteiger partial charge in [0.1, 0.15) is 6.04 Å². The number of nitrogens with one attached hydrogen (secondary N) is 2. The first-order chi connectivity index (χ1) is 10.6. The molecule has 2 N–H and O–H groups in total. The highest BCUT2D eigenvalue weighted by molar-refractivity contribution is 5.96. The SMILES string of the molecule is CCOC(=O)C[C@@H]1C(=O)NCCN1C(=O)Nc1ccccc1.